The van der Waals surface area contributed by atoms with Gasteiger partial charge in [-0.3, -0.25) is 10.1 Å². The number of halogens is 1. The summed E-state index contributed by atoms with van der Waals surface area (Å²) in [6.45, 7) is -0.00377. The minimum Gasteiger partial charge on any atom is -0.428 e. The number of ether oxygens (including phenoxy) is 2. The average Bonchev–Trinajstić information content (AvgIpc) is 2.83. The standard InChI is InChI=1S/C11H7ClN2O5S/c12-10-13-5-9(20-10)6-18-11(15)19-8-3-1-7(2-4-8)14(16)17/h1-5H,6H2. The van der Waals surface area contributed by atoms with E-state index in [1.807, 2.05) is 0 Å². The Kier molecular flexibility index (Phi) is 4.49. The van der Waals surface area contributed by atoms with Crippen LogP contribution in [-0.2, 0) is 11.3 Å². The van der Waals surface area contributed by atoms with Crippen molar-refractivity contribution in [1.29, 1.82) is 0 Å². The average molecular weight is 315 g/mol. The van der Waals surface area contributed by atoms with Crippen LogP contribution in [0.1, 0.15) is 4.88 Å². The van der Waals surface area contributed by atoms with Crippen LogP contribution in [0.2, 0.25) is 4.47 Å². The van der Waals surface area contributed by atoms with E-state index >= 15 is 0 Å². The molecule has 1 heterocycles. The third kappa shape index (κ3) is 3.90. The SMILES string of the molecule is O=C(OCc1cnc(Cl)s1)Oc1ccc([N+](=O)[O-])cc1. The lowest BCUT2D eigenvalue weighted by molar-refractivity contribution is -0.384. The Morgan fingerprint density at radius 2 is 2.10 bits per heavy atom. The number of nitrogens with zero attached hydrogens (tertiary/aromatic N) is 2. The maximum Gasteiger partial charge on any atom is 0.514 e. The van der Waals surface area contributed by atoms with Crippen molar-refractivity contribution in [2.75, 3.05) is 0 Å². The highest BCUT2D eigenvalue weighted by atomic mass is 35.5. The molecule has 104 valence electrons. The first-order chi connectivity index (χ1) is 9.54. The predicted octanol–water partition coefficient (Wildman–Crippen LogP) is 3.42. The van der Waals surface area contributed by atoms with Gasteiger partial charge in [-0.05, 0) is 12.1 Å². The Balaban J connectivity index is 1.86. The largest absolute Gasteiger partial charge is 0.514 e. The number of hydrogen-bond acceptors (Lipinski definition) is 7. The Labute approximate surface area is 121 Å². The van der Waals surface area contributed by atoms with Gasteiger partial charge in [0, 0.05) is 18.3 Å². The van der Waals surface area contributed by atoms with Gasteiger partial charge in [0.25, 0.3) is 5.69 Å². The predicted molar refractivity (Wildman–Crippen MR) is 71.0 cm³/mol. The van der Waals surface area contributed by atoms with Gasteiger partial charge in [0.1, 0.15) is 12.4 Å². The van der Waals surface area contributed by atoms with Crippen molar-refractivity contribution >= 4 is 34.8 Å². The minimum absolute atomic E-state index is 0.00377. The zero-order valence-electron chi connectivity index (χ0n) is 9.82. The summed E-state index contributed by atoms with van der Waals surface area (Å²) >= 11 is 6.81. The van der Waals surface area contributed by atoms with Crippen LogP contribution in [-0.4, -0.2) is 16.1 Å². The molecule has 1 aromatic carbocycles. The van der Waals surface area contributed by atoms with E-state index in [1.54, 1.807) is 0 Å². The molecule has 0 aliphatic heterocycles. The lowest BCUT2D eigenvalue weighted by atomic mass is 10.3. The quantitative estimate of drug-likeness (QED) is 0.371. The molecule has 0 saturated heterocycles. The van der Waals surface area contributed by atoms with Crippen LogP contribution in [0.25, 0.3) is 0 Å². The molecule has 0 radical (unpaired) electrons. The molecular weight excluding hydrogens is 308 g/mol. The first kappa shape index (κ1) is 14.2. The molecule has 0 aliphatic carbocycles. The molecule has 20 heavy (non-hydrogen) atoms. The zero-order chi connectivity index (χ0) is 14.5. The number of hydrogen-bond donors (Lipinski definition) is 0. The molecular formula is C11H7ClN2O5S. The minimum atomic E-state index is -0.914. The third-order valence-corrected chi connectivity index (χ3v) is 3.19. The number of carbonyl (C=O) groups is 1. The van der Waals surface area contributed by atoms with E-state index in [1.165, 1.54) is 41.8 Å². The fourth-order valence-electron chi connectivity index (χ4n) is 1.24. The number of nitro groups is 1. The number of aromatic nitrogens is 1. The van der Waals surface area contributed by atoms with Gasteiger partial charge in [-0.1, -0.05) is 11.6 Å². The molecule has 0 unspecified atom stereocenters. The van der Waals surface area contributed by atoms with E-state index < -0.39 is 11.1 Å². The first-order valence-corrected chi connectivity index (χ1v) is 6.43. The molecule has 9 heteroatoms. The van der Waals surface area contributed by atoms with E-state index in [-0.39, 0.29) is 18.0 Å². The van der Waals surface area contributed by atoms with Gasteiger partial charge in [0.2, 0.25) is 0 Å². The van der Waals surface area contributed by atoms with E-state index in [9.17, 15) is 14.9 Å². The summed E-state index contributed by atoms with van der Waals surface area (Å²) in [6.07, 6.45) is 0.579. The van der Waals surface area contributed by atoms with Crippen molar-refractivity contribution in [3.8, 4) is 5.75 Å². The topological polar surface area (TPSA) is 91.6 Å². The van der Waals surface area contributed by atoms with Gasteiger partial charge in [-0.2, -0.15) is 0 Å². The van der Waals surface area contributed by atoms with E-state index in [2.05, 4.69) is 4.98 Å². The summed E-state index contributed by atoms with van der Waals surface area (Å²) in [5.74, 6) is 0.155. The Bertz CT molecular complexity index is 628. The van der Waals surface area contributed by atoms with Crippen LogP contribution in [0.15, 0.2) is 30.5 Å². The number of nitro benzene ring substituents is 1. The molecule has 0 atom stereocenters. The van der Waals surface area contributed by atoms with Gasteiger partial charge in [0.05, 0.1) is 9.80 Å². The summed E-state index contributed by atoms with van der Waals surface area (Å²) in [4.78, 5) is 25.8. The smallest absolute Gasteiger partial charge is 0.428 e. The van der Waals surface area contributed by atoms with Crippen molar-refractivity contribution in [3.05, 3.63) is 49.9 Å². The second-order valence-electron chi connectivity index (χ2n) is 3.47. The Hall–Kier alpha value is -2.19. The van der Waals surface area contributed by atoms with Crippen LogP contribution in [0.3, 0.4) is 0 Å². The molecule has 0 fully saturated rings. The molecule has 0 aliphatic rings. The highest BCUT2D eigenvalue weighted by molar-refractivity contribution is 7.15. The molecule has 1 aromatic heterocycles. The molecule has 0 saturated carbocycles. The summed E-state index contributed by atoms with van der Waals surface area (Å²) in [7, 11) is 0. The van der Waals surface area contributed by atoms with E-state index in [0.717, 1.165) is 0 Å². The fourth-order valence-corrected chi connectivity index (χ4v) is 2.13. The number of rotatable bonds is 4. The lowest BCUT2D eigenvalue weighted by Gasteiger charge is -2.04. The zero-order valence-corrected chi connectivity index (χ0v) is 11.4. The van der Waals surface area contributed by atoms with Crippen molar-refractivity contribution in [2.24, 2.45) is 0 Å². The van der Waals surface area contributed by atoms with Gasteiger partial charge in [-0.25, -0.2) is 9.78 Å². The maximum atomic E-state index is 11.4. The van der Waals surface area contributed by atoms with Crippen LogP contribution in [0.5, 0.6) is 5.75 Å². The fraction of sp³-hybridized carbons (Fsp3) is 0.0909. The highest BCUT2D eigenvalue weighted by Gasteiger charge is 2.10. The molecule has 7 nitrogen and oxygen atoms in total. The van der Waals surface area contributed by atoms with Crippen molar-refractivity contribution < 1.29 is 19.2 Å². The van der Waals surface area contributed by atoms with E-state index in [0.29, 0.717) is 9.34 Å². The Morgan fingerprint density at radius 1 is 1.40 bits per heavy atom. The Morgan fingerprint density at radius 3 is 2.65 bits per heavy atom. The van der Waals surface area contributed by atoms with Crippen LogP contribution < -0.4 is 4.74 Å². The van der Waals surface area contributed by atoms with Gasteiger partial charge in [0.15, 0.2) is 4.47 Å². The molecule has 2 rings (SSSR count). The highest BCUT2D eigenvalue weighted by Crippen LogP contribution is 2.20. The monoisotopic (exact) mass is 314 g/mol. The van der Waals surface area contributed by atoms with E-state index in [4.69, 9.17) is 21.1 Å². The van der Waals surface area contributed by atoms with Crippen LogP contribution in [0, 0.1) is 10.1 Å². The summed E-state index contributed by atoms with van der Waals surface area (Å²) in [5, 5.41) is 10.5. The van der Waals surface area contributed by atoms with Crippen molar-refractivity contribution in [3.63, 3.8) is 0 Å². The number of non-ortho nitro benzene ring substituents is 1. The molecule has 0 spiro atoms. The normalized spacial score (nSPS) is 10.1. The second kappa shape index (κ2) is 6.31. The molecule has 0 amide bonds. The maximum absolute atomic E-state index is 11.4. The van der Waals surface area contributed by atoms with Crippen molar-refractivity contribution in [1.82, 2.24) is 4.98 Å². The molecule has 2 aromatic rings. The lowest BCUT2D eigenvalue weighted by Crippen LogP contribution is -2.09. The van der Waals surface area contributed by atoms with Gasteiger partial charge < -0.3 is 9.47 Å². The van der Waals surface area contributed by atoms with Crippen molar-refractivity contribution in [2.45, 2.75) is 6.61 Å². The summed E-state index contributed by atoms with van der Waals surface area (Å²) in [6, 6.07) is 5.07. The number of carbonyl (C=O) groups excluding carboxylic acids is 1. The van der Waals surface area contributed by atoms with Gasteiger partial charge >= 0.3 is 6.16 Å². The van der Waals surface area contributed by atoms with Crippen LogP contribution in [0.4, 0.5) is 10.5 Å². The molecule has 0 bridgehead atoms. The first-order valence-electron chi connectivity index (χ1n) is 5.24. The number of thiazole rings is 1. The third-order valence-electron chi connectivity index (χ3n) is 2.11. The van der Waals surface area contributed by atoms with Crippen LogP contribution >= 0.6 is 22.9 Å². The van der Waals surface area contributed by atoms with Gasteiger partial charge in [-0.15, -0.1) is 11.3 Å². The number of benzene rings is 1. The molecule has 0 N–H and O–H groups in total. The second-order valence-corrected chi connectivity index (χ2v) is 5.17. The summed E-state index contributed by atoms with van der Waals surface area (Å²) < 4.78 is 10.0. The summed E-state index contributed by atoms with van der Waals surface area (Å²) in [5.41, 5.74) is -0.0926.